The summed E-state index contributed by atoms with van der Waals surface area (Å²) in [5.74, 6) is 1.01. The molecule has 0 N–H and O–H groups in total. The molecule has 0 aliphatic rings. The summed E-state index contributed by atoms with van der Waals surface area (Å²) in [6.45, 7) is 8.15. The van der Waals surface area contributed by atoms with Gasteiger partial charge in [0, 0.05) is 0 Å². The molecule has 4 heteroatoms. The van der Waals surface area contributed by atoms with E-state index in [9.17, 15) is 0 Å². The fourth-order valence-corrected chi connectivity index (χ4v) is 2.50. The molecule has 0 bridgehead atoms. The van der Waals surface area contributed by atoms with Crippen LogP contribution in [0.5, 0.6) is 0 Å². The zero-order valence-corrected chi connectivity index (χ0v) is 9.97. The average molecular weight is 210 g/mol. The third-order valence-electron chi connectivity index (χ3n) is 0.854. The lowest BCUT2D eigenvalue weighted by atomic mass is 10.7. The van der Waals surface area contributed by atoms with Gasteiger partial charge in [0.2, 0.25) is 0 Å². The van der Waals surface area contributed by atoms with Crippen LogP contribution < -0.4 is 0 Å². The van der Waals surface area contributed by atoms with E-state index in [1.54, 1.807) is 11.8 Å². The van der Waals surface area contributed by atoms with Gasteiger partial charge in [0.15, 0.2) is 5.09 Å². The van der Waals surface area contributed by atoms with Gasteiger partial charge in [0.05, 0.1) is 5.03 Å². The topological polar surface area (TPSA) is 9.23 Å². The van der Waals surface area contributed by atoms with E-state index < -0.39 is 9.04 Å². The second kappa shape index (κ2) is 5.97. The summed E-state index contributed by atoms with van der Waals surface area (Å²) in [4.78, 5) is 0. The maximum Gasteiger partial charge on any atom is 0.275 e. The minimum atomic E-state index is -0.663. The molecule has 65 valence electrons. The Hall–Kier alpha value is 0.397. The Morgan fingerprint density at radius 2 is 2.09 bits per heavy atom. The molecule has 1 radical (unpaired) electrons. The van der Waals surface area contributed by atoms with E-state index in [1.165, 1.54) is 0 Å². The molecule has 11 heavy (non-hydrogen) atoms. The van der Waals surface area contributed by atoms with Crippen molar-refractivity contribution in [2.75, 3.05) is 5.75 Å². The van der Waals surface area contributed by atoms with Crippen LogP contribution in [0, 0.1) is 0 Å². The molecule has 1 nitrogen and oxygen atoms in total. The first-order chi connectivity index (χ1) is 5.07. The number of halogens is 1. The van der Waals surface area contributed by atoms with Crippen molar-refractivity contribution in [1.82, 2.24) is 0 Å². The van der Waals surface area contributed by atoms with Gasteiger partial charge in [-0.1, -0.05) is 30.3 Å². The van der Waals surface area contributed by atoms with Crippen molar-refractivity contribution in [3.05, 3.63) is 10.1 Å². The van der Waals surface area contributed by atoms with Crippen molar-refractivity contribution in [3.63, 3.8) is 0 Å². The summed E-state index contributed by atoms with van der Waals surface area (Å²) in [5.41, 5.74) is 0. The first-order valence-corrected chi connectivity index (χ1v) is 7.32. The van der Waals surface area contributed by atoms with Gasteiger partial charge in [-0.05, 0) is 25.8 Å². The van der Waals surface area contributed by atoms with Gasteiger partial charge in [-0.25, -0.2) is 0 Å². The normalized spacial score (nSPS) is 13.3. The Kier molecular flexibility index (Phi) is 6.19. The summed E-state index contributed by atoms with van der Waals surface area (Å²) in [7, 11) is -0.663. The molecule has 0 aromatic heterocycles. The highest BCUT2D eigenvalue weighted by atomic mass is 35.5. The number of hydrogen-bond donors (Lipinski definition) is 0. The van der Waals surface area contributed by atoms with Crippen LogP contribution in [0.1, 0.15) is 13.8 Å². The second-order valence-corrected chi connectivity index (χ2v) is 6.09. The monoisotopic (exact) mass is 209 g/mol. The van der Waals surface area contributed by atoms with Crippen molar-refractivity contribution >= 4 is 32.4 Å². The maximum atomic E-state index is 5.82. The predicted octanol–water partition coefficient (Wildman–Crippen LogP) is 3.44. The average Bonchev–Trinajstić information content (AvgIpc) is 1.86. The Balaban J connectivity index is 4.02. The molecule has 0 saturated heterocycles. The van der Waals surface area contributed by atoms with E-state index >= 15 is 0 Å². The Labute approximate surface area is 79.9 Å². The summed E-state index contributed by atoms with van der Waals surface area (Å²) < 4.78 is 5.56. The van der Waals surface area contributed by atoms with Crippen LogP contribution in [-0.4, -0.2) is 14.8 Å². The molecule has 0 saturated carbocycles. The van der Waals surface area contributed by atoms with Crippen LogP contribution in [0.2, 0.25) is 13.1 Å². The molecule has 0 amide bonds. The van der Waals surface area contributed by atoms with E-state index in [2.05, 4.69) is 20.0 Å². The van der Waals surface area contributed by atoms with Crippen LogP contribution in [-0.2, 0) is 4.43 Å². The zero-order valence-electron chi connectivity index (χ0n) is 7.40. The fourth-order valence-electron chi connectivity index (χ4n) is 0.516. The number of hydrogen-bond acceptors (Lipinski definition) is 2. The summed E-state index contributed by atoms with van der Waals surface area (Å²) in [6, 6.07) is 0. The predicted molar refractivity (Wildman–Crippen MR) is 55.3 cm³/mol. The smallest absolute Gasteiger partial charge is 0.275 e. The molecule has 0 fully saturated rings. The Morgan fingerprint density at radius 3 is 2.36 bits per heavy atom. The largest absolute Gasteiger partial charge is 0.537 e. The first-order valence-electron chi connectivity index (χ1n) is 3.55. The van der Waals surface area contributed by atoms with Crippen molar-refractivity contribution in [2.24, 2.45) is 0 Å². The van der Waals surface area contributed by atoms with Crippen LogP contribution in [0.25, 0.3) is 0 Å². The number of rotatable bonds is 4. The van der Waals surface area contributed by atoms with E-state index in [1.807, 2.05) is 6.92 Å². The molecular weight excluding hydrogens is 196 g/mol. The van der Waals surface area contributed by atoms with Crippen molar-refractivity contribution in [2.45, 2.75) is 26.9 Å². The van der Waals surface area contributed by atoms with Crippen LogP contribution in [0.15, 0.2) is 10.1 Å². The molecule has 0 atom stereocenters. The summed E-state index contributed by atoms with van der Waals surface area (Å²) in [5, 5.41) is 1.66. The van der Waals surface area contributed by atoms with Gasteiger partial charge in [0.1, 0.15) is 0 Å². The SMILES string of the molecule is CCS/C(O[Si](C)C)=C(\C)Cl. The van der Waals surface area contributed by atoms with Crippen LogP contribution in [0.3, 0.4) is 0 Å². The standard InChI is InChI=1S/C7H14ClOSSi/c1-5-10-7(6(2)8)9-11(3)4/h5H2,1-4H3/b7-6+. The maximum absolute atomic E-state index is 5.82. The lowest BCUT2D eigenvalue weighted by molar-refractivity contribution is 0.482. The fraction of sp³-hybridized carbons (Fsp3) is 0.714. The van der Waals surface area contributed by atoms with E-state index in [0.29, 0.717) is 0 Å². The number of thioether (sulfide) groups is 1. The van der Waals surface area contributed by atoms with E-state index in [0.717, 1.165) is 15.9 Å². The molecule has 0 aliphatic heterocycles. The second-order valence-electron chi connectivity index (χ2n) is 2.26. The highest BCUT2D eigenvalue weighted by Crippen LogP contribution is 2.23. The van der Waals surface area contributed by atoms with Crippen LogP contribution >= 0.6 is 23.4 Å². The third kappa shape index (κ3) is 5.64. The highest BCUT2D eigenvalue weighted by Gasteiger charge is 2.05. The molecule has 0 aromatic rings. The van der Waals surface area contributed by atoms with Gasteiger partial charge >= 0.3 is 0 Å². The van der Waals surface area contributed by atoms with E-state index in [-0.39, 0.29) is 0 Å². The summed E-state index contributed by atoms with van der Waals surface area (Å²) in [6.07, 6.45) is 0. The van der Waals surface area contributed by atoms with Crippen LogP contribution in [0.4, 0.5) is 0 Å². The van der Waals surface area contributed by atoms with Gasteiger partial charge < -0.3 is 4.43 Å². The van der Waals surface area contributed by atoms with E-state index in [4.69, 9.17) is 16.0 Å². The first kappa shape index (κ1) is 11.4. The highest BCUT2D eigenvalue weighted by molar-refractivity contribution is 8.02. The van der Waals surface area contributed by atoms with Gasteiger partial charge in [-0.3, -0.25) is 0 Å². The summed E-state index contributed by atoms with van der Waals surface area (Å²) >= 11 is 7.48. The molecule has 0 aliphatic carbocycles. The Morgan fingerprint density at radius 1 is 1.55 bits per heavy atom. The number of allylic oxidation sites excluding steroid dienone is 1. The molecule has 0 unspecified atom stereocenters. The molecule has 0 rings (SSSR count). The molecule has 0 heterocycles. The quantitative estimate of drug-likeness (QED) is 0.518. The van der Waals surface area contributed by atoms with Gasteiger partial charge in [0.25, 0.3) is 9.04 Å². The van der Waals surface area contributed by atoms with Gasteiger partial charge in [-0.15, -0.1) is 0 Å². The van der Waals surface area contributed by atoms with Crippen molar-refractivity contribution in [3.8, 4) is 0 Å². The zero-order chi connectivity index (χ0) is 8.85. The molecule has 0 aromatic carbocycles. The van der Waals surface area contributed by atoms with Gasteiger partial charge in [-0.2, -0.15) is 0 Å². The van der Waals surface area contributed by atoms with Crippen molar-refractivity contribution < 1.29 is 4.43 Å². The molecular formula is C7H14ClOSSi. The minimum absolute atomic E-state index is 0.663. The van der Waals surface area contributed by atoms with Crippen molar-refractivity contribution in [1.29, 1.82) is 0 Å². The lowest BCUT2D eigenvalue weighted by Gasteiger charge is -2.11. The third-order valence-corrected chi connectivity index (χ3v) is 2.84. The Bertz CT molecular complexity index is 143. The minimum Gasteiger partial charge on any atom is -0.537 e. The lowest BCUT2D eigenvalue weighted by Crippen LogP contribution is -2.06. The molecule has 0 spiro atoms.